The first kappa shape index (κ1) is 19.3. The van der Waals surface area contributed by atoms with E-state index in [1.54, 1.807) is 18.5 Å². The number of pyridine rings is 1. The van der Waals surface area contributed by atoms with Crippen LogP contribution in [0.4, 0.5) is 5.69 Å². The molecule has 0 spiro atoms. The van der Waals surface area contributed by atoms with Crippen LogP contribution in [0.25, 0.3) is 0 Å². The van der Waals surface area contributed by atoms with Crippen molar-refractivity contribution in [1.29, 1.82) is 0 Å². The van der Waals surface area contributed by atoms with Gasteiger partial charge in [-0.1, -0.05) is 0 Å². The van der Waals surface area contributed by atoms with Gasteiger partial charge in [-0.2, -0.15) is 0 Å². The predicted octanol–water partition coefficient (Wildman–Crippen LogP) is 0.838. The van der Waals surface area contributed by atoms with E-state index in [1.165, 1.54) is 24.8 Å². The van der Waals surface area contributed by atoms with Crippen molar-refractivity contribution in [2.45, 2.75) is 11.4 Å². The molecule has 9 heteroatoms. The average Bonchev–Trinajstić information content (AvgIpc) is 2.67. The highest BCUT2D eigenvalue weighted by Gasteiger charge is 2.24. The molecule has 1 aromatic heterocycles. The minimum Gasteiger partial charge on any atom is -0.465 e. The second kappa shape index (κ2) is 8.03. The molecule has 0 atom stereocenters. The van der Waals surface area contributed by atoms with Gasteiger partial charge >= 0.3 is 5.97 Å². The van der Waals surface area contributed by atoms with Gasteiger partial charge in [0.05, 0.1) is 23.3 Å². The summed E-state index contributed by atoms with van der Waals surface area (Å²) < 4.78 is 28.0. The third kappa shape index (κ3) is 4.62. The summed E-state index contributed by atoms with van der Waals surface area (Å²) in [6, 6.07) is 8.30. The van der Waals surface area contributed by atoms with Gasteiger partial charge < -0.3 is 9.64 Å². The van der Waals surface area contributed by atoms with Crippen molar-refractivity contribution in [2.24, 2.45) is 5.14 Å². The lowest BCUT2D eigenvalue weighted by atomic mass is 10.1. The zero-order valence-corrected chi connectivity index (χ0v) is 15.9. The van der Waals surface area contributed by atoms with Crippen LogP contribution in [-0.2, 0) is 21.3 Å². The molecular weight excluding hydrogens is 368 g/mol. The number of nitrogens with zero attached hydrogens (tertiary/aromatic N) is 3. The molecular formula is C18H22N4O4S. The molecule has 3 rings (SSSR count). The fourth-order valence-electron chi connectivity index (χ4n) is 3.13. The van der Waals surface area contributed by atoms with Crippen LogP contribution in [-0.4, -0.2) is 57.6 Å². The molecule has 0 unspecified atom stereocenters. The molecule has 1 fully saturated rings. The predicted molar refractivity (Wildman–Crippen MR) is 101 cm³/mol. The number of anilines is 1. The summed E-state index contributed by atoms with van der Waals surface area (Å²) in [5.41, 5.74) is 2.05. The number of nitrogens with two attached hydrogens (primary N) is 1. The lowest BCUT2D eigenvalue weighted by Crippen LogP contribution is -2.46. The molecule has 2 heterocycles. The van der Waals surface area contributed by atoms with Crippen LogP contribution in [0.1, 0.15) is 15.9 Å². The topological polar surface area (TPSA) is 106 Å². The molecule has 0 bridgehead atoms. The first-order chi connectivity index (χ1) is 12.9. The first-order valence-corrected chi connectivity index (χ1v) is 10.0. The molecule has 27 heavy (non-hydrogen) atoms. The standard InChI is InChI=1S/C18H22N4O4S/c1-26-18(23)16-12-15(27(19,24)25)2-3-17(16)22-10-8-21(9-11-22)13-14-4-6-20-7-5-14/h2-7,12H,8-11,13H2,1H3,(H2,19,24,25). The SMILES string of the molecule is COC(=O)c1cc(S(N)(=O)=O)ccc1N1CCN(Cc2ccncc2)CC1. The molecule has 1 aromatic carbocycles. The van der Waals surface area contributed by atoms with E-state index in [4.69, 9.17) is 9.88 Å². The van der Waals surface area contributed by atoms with Crippen molar-refractivity contribution in [3.63, 3.8) is 0 Å². The Morgan fingerprint density at radius 1 is 1.15 bits per heavy atom. The van der Waals surface area contributed by atoms with E-state index in [9.17, 15) is 13.2 Å². The molecule has 0 amide bonds. The van der Waals surface area contributed by atoms with Gasteiger partial charge in [-0.3, -0.25) is 9.88 Å². The van der Waals surface area contributed by atoms with Crippen molar-refractivity contribution in [3.8, 4) is 0 Å². The highest BCUT2D eigenvalue weighted by Crippen LogP contribution is 2.26. The summed E-state index contributed by atoms with van der Waals surface area (Å²) >= 11 is 0. The van der Waals surface area contributed by atoms with Gasteiger partial charge in [0, 0.05) is 45.1 Å². The van der Waals surface area contributed by atoms with Gasteiger partial charge in [0.15, 0.2) is 0 Å². The van der Waals surface area contributed by atoms with E-state index in [1.807, 2.05) is 12.1 Å². The first-order valence-electron chi connectivity index (χ1n) is 8.50. The van der Waals surface area contributed by atoms with Gasteiger partial charge in [-0.25, -0.2) is 18.4 Å². The minimum absolute atomic E-state index is 0.108. The van der Waals surface area contributed by atoms with Crippen LogP contribution in [0.5, 0.6) is 0 Å². The second-order valence-corrected chi connectivity index (χ2v) is 7.90. The Kier molecular flexibility index (Phi) is 5.73. The fraction of sp³-hybridized carbons (Fsp3) is 0.333. The van der Waals surface area contributed by atoms with E-state index in [0.29, 0.717) is 18.8 Å². The number of carbonyl (C=O) groups is 1. The Balaban J connectivity index is 1.76. The number of esters is 1. The second-order valence-electron chi connectivity index (χ2n) is 6.33. The van der Waals surface area contributed by atoms with Crippen molar-refractivity contribution < 1.29 is 17.9 Å². The van der Waals surface area contributed by atoms with Crippen LogP contribution in [0.2, 0.25) is 0 Å². The Hall–Kier alpha value is -2.49. The zero-order valence-electron chi connectivity index (χ0n) is 15.0. The number of rotatable bonds is 5. The van der Waals surface area contributed by atoms with E-state index in [2.05, 4.69) is 14.8 Å². The maximum atomic E-state index is 12.2. The van der Waals surface area contributed by atoms with E-state index in [0.717, 1.165) is 19.6 Å². The monoisotopic (exact) mass is 390 g/mol. The van der Waals surface area contributed by atoms with Crippen LogP contribution in [0, 0.1) is 0 Å². The normalized spacial score (nSPS) is 15.6. The number of benzene rings is 1. The van der Waals surface area contributed by atoms with Gasteiger partial charge in [-0.15, -0.1) is 0 Å². The van der Waals surface area contributed by atoms with Crippen LogP contribution in [0.3, 0.4) is 0 Å². The van der Waals surface area contributed by atoms with Crippen molar-refractivity contribution >= 4 is 21.7 Å². The van der Waals surface area contributed by atoms with Gasteiger partial charge in [0.25, 0.3) is 0 Å². The largest absolute Gasteiger partial charge is 0.465 e. The Morgan fingerprint density at radius 2 is 1.81 bits per heavy atom. The van der Waals surface area contributed by atoms with Gasteiger partial charge in [-0.05, 0) is 35.9 Å². The summed E-state index contributed by atoms with van der Waals surface area (Å²) in [4.78, 5) is 20.5. The number of methoxy groups -OCH3 is 1. The number of ether oxygens (including phenoxy) is 1. The fourth-order valence-corrected chi connectivity index (χ4v) is 3.67. The summed E-state index contributed by atoms with van der Waals surface area (Å²) in [5.74, 6) is -0.588. The Labute approximate surface area is 158 Å². The number of carbonyl (C=O) groups excluding carboxylic acids is 1. The molecule has 0 aliphatic carbocycles. The van der Waals surface area contributed by atoms with E-state index >= 15 is 0 Å². The summed E-state index contributed by atoms with van der Waals surface area (Å²) in [7, 11) is -2.63. The molecule has 2 aromatic rings. The van der Waals surface area contributed by atoms with Crippen LogP contribution in [0.15, 0.2) is 47.6 Å². The van der Waals surface area contributed by atoms with E-state index < -0.39 is 16.0 Å². The minimum atomic E-state index is -3.90. The number of sulfonamides is 1. The number of hydrogen-bond donors (Lipinski definition) is 1. The maximum absolute atomic E-state index is 12.2. The third-order valence-electron chi connectivity index (χ3n) is 4.57. The quantitative estimate of drug-likeness (QED) is 0.754. The molecule has 8 nitrogen and oxygen atoms in total. The van der Waals surface area contributed by atoms with Crippen molar-refractivity contribution in [2.75, 3.05) is 38.2 Å². The highest BCUT2D eigenvalue weighted by atomic mass is 32.2. The van der Waals surface area contributed by atoms with Crippen LogP contribution < -0.4 is 10.0 Å². The molecule has 144 valence electrons. The van der Waals surface area contributed by atoms with Gasteiger partial charge in [0.2, 0.25) is 10.0 Å². The summed E-state index contributed by atoms with van der Waals surface area (Å²) in [6.07, 6.45) is 3.56. The highest BCUT2D eigenvalue weighted by molar-refractivity contribution is 7.89. The number of primary sulfonamides is 1. The molecule has 0 radical (unpaired) electrons. The van der Waals surface area contributed by atoms with Crippen LogP contribution >= 0.6 is 0 Å². The number of aromatic nitrogens is 1. The Morgan fingerprint density at radius 3 is 2.41 bits per heavy atom. The molecule has 0 saturated carbocycles. The number of piperazine rings is 1. The molecule has 2 N–H and O–H groups in total. The zero-order chi connectivity index (χ0) is 19.4. The molecule has 1 saturated heterocycles. The van der Waals surface area contributed by atoms with Crippen molar-refractivity contribution in [1.82, 2.24) is 9.88 Å². The Bertz CT molecular complexity index is 910. The van der Waals surface area contributed by atoms with E-state index in [-0.39, 0.29) is 10.5 Å². The average molecular weight is 390 g/mol. The lowest BCUT2D eigenvalue weighted by Gasteiger charge is -2.36. The molecule has 1 aliphatic heterocycles. The lowest BCUT2D eigenvalue weighted by molar-refractivity contribution is 0.0601. The summed E-state index contributed by atoms with van der Waals surface area (Å²) in [6.45, 7) is 3.90. The van der Waals surface area contributed by atoms with Gasteiger partial charge in [0.1, 0.15) is 0 Å². The smallest absolute Gasteiger partial charge is 0.340 e. The maximum Gasteiger partial charge on any atom is 0.340 e. The number of hydrogen-bond acceptors (Lipinski definition) is 7. The summed E-state index contributed by atoms with van der Waals surface area (Å²) in [5, 5.41) is 5.18. The van der Waals surface area contributed by atoms with Crippen molar-refractivity contribution in [3.05, 3.63) is 53.9 Å². The molecule has 1 aliphatic rings. The third-order valence-corrected chi connectivity index (χ3v) is 5.48.